The zero-order chi connectivity index (χ0) is 12.8. The van der Waals surface area contributed by atoms with Gasteiger partial charge in [-0.3, -0.25) is 0 Å². The third kappa shape index (κ3) is 4.19. The molecule has 1 fully saturated rings. The summed E-state index contributed by atoms with van der Waals surface area (Å²) in [6.45, 7) is 3.06. The maximum absolute atomic E-state index is 9.86. The molecule has 102 valence electrons. The fraction of sp³-hybridized carbons (Fsp3) is 0.833. The van der Waals surface area contributed by atoms with E-state index in [1.54, 1.807) is 6.20 Å². The van der Waals surface area contributed by atoms with E-state index >= 15 is 0 Å². The first-order chi connectivity index (χ1) is 8.68. The summed E-state index contributed by atoms with van der Waals surface area (Å²) in [7, 11) is 0. The molecule has 2 rings (SSSR count). The van der Waals surface area contributed by atoms with Crippen molar-refractivity contribution in [3.63, 3.8) is 0 Å². The van der Waals surface area contributed by atoms with Gasteiger partial charge in [0, 0.05) is 12.1 Å². The van der Waals surface area contributed by atoms with Gasteiger partial charge in [-0.05, 0) is 19.8 Å². The molecule has 0 spiro atoms. The first-order valence-corrected chi connectivity index (χ1v) is 7.24. The highest BCUT2D eigenvalue weighted by atomic mass is 32.1. The van der Waals surface area contributed by atoms with Gasteiger partial charge in [0.1, 0.15) is 18.9 Å². The van der Waals surface area contributed by atoms with Gasteiger partial charge in [0.15, 0.2) is 0 Å². The standard InChI is InChI=1S/C12H21N3O2S/c1-12(5-3-2-4-6-12)13-7-10(16)9-17-11-8-14-18-15-11/h8,10,13,16H,2-7,9H2,1H3. The van der Waals surface area contributed by atoms with Crippen molar-refractivity contribution >= 4 is 11.7 Å². The summed E-state index contributed by atoms with van der Waals surface area (Å²) in [4.78, 5) is 0. The number of hydrogen-bond acceptors (Lipinski definition) is 6. The molecule has 1 aromatic heterocycles. The van der Waals surface area contributed by atoms with Crippen molar-refractivity contribution in [1.82, 2.24) is 14.1 Å². The Labute approximate surface area is 112 Å². The van der Waals surface area contributed by atoms with Gasteiger partial charge in [0.05, 0.1) is 11.7 Å². The van der Waals surface area contributed by atoms with E-state index in [0.29, 0.717) is 12.4 Å². The predicted molar refractivity (Wildman–Crippen MR) is 70.9 cm³/mol. The number of hydrogen-bond donors (Lipinski definition) is 2. The highest BCUT2D eigenvalue weighted by Gasteiger charge is 2.26. The Bertz CT molecular complexity index is 339. The van der Waals surface area contributed by atoms with E-state index in [9.17, 15) is 5.11 Å². The van der Waals surface area contributed by atoms with Crippen LogP contribution >= 0.6 is 11.7 Å². The number of aliphatic hydroxyl groups excluding tert-OH is 1. The van der Waals surface area contributed by atoms with E-state index in [1.165, 1.54) is 32.1 Å². The van der Waals surface area contributed by atoms with Crippen LogP contribution < -0.4 is 10.1 Å². The topological polar surface area (TPSA) is 67.3 Å². The number of aromatic nitrogens is 2. The minimum absolute atomic E-state index is 0.182. The van der Waals surface area contributed by atoms with Crippen molar-refractivity contribution in [3.8, 4) is 5.88 Å². The molecular weight excluding hydrogens is 250 g/mol. The molecule has 1 unspecified atom stereocenters. The Morgan fingerprint density at radius 2 is 2.28 bits per heavy atom. The first-order valence-electron chi connectivity index (χ1n) is 6.51. The van der Waals surface area contributed by atoms with Crippen molar-refractivity contribution in [2.24, 2.45) is 0 Å². The molecule has 18 heavy (non-hydrogen) atoms. The average molecular weight is 271 g/mol. The van der Waals surface area contributed by atoms with Crippen LogP contribution in [0.15, 0.2) is 6.20 Å². The summed E-state index contributed by atoms with van der Waals surface area (Å²) < 4.78 is 13.1. The average Bonchev–Trinajstić information content (AvgIpc) is 2.88. The zero-order valence-electron chi connectivity index (χ0n) is 10.8. The number of nitrogens with zero attached hydrogens (tertiary/aromatic N) is 2. The lowest BCUT2D eigenvalue weighted by atomic mass is 9.83. The van der Waals surface area contributed by atoms with Gasteiger partial charge in [-0.25, -0.2) is 0 Å². The van der Waals surface area contributed by atoms with Crippen LogP contribution in [0.2, 0.25) is 0 Å². The van der Waals surface area contributed by atoms with Gasteiger partial charge < -0.3 is 15.2 Å². The molecule has 1 aliphatic carbocycles. The van der Waals surface area contributed by atoms with Crippen LogP contribution in [0, 0.1) is 0 Å². The highest BCUT2D eigenvalue weighted by molar-refractivity contribution is 6.99. The molecule has 2 N–H and O–H groups in total. The highest BCUT2D eigenvalue weighted by Crippen LogP contribution is 2.27. The summed E-state index contributed by atoms with van der Waals surface area (Å²) in [5, 5.41) is 13.3. The quantitative estimate of drug-likeness (QED) is 0.822. The van der Waals surface area contributed by atoms with Crippen LogP contribution in [0.25, 0.3) is 0 Å². The molecule has 1 saturated carbocycles. The lowest BCUT2D eigenvalue weighted by Gasteiger charge is -2.35. The predicted octanol–water partition coefficient (Wildman–Crippen LogP) is 1.59. The van der Waals surface area contributed by atoms with Gasteiger partial charge in [-0.15, -0.1) is 4.37 Å². The fourth-order valence-corrected chi connectivity index (χ4v) is 2.70. The third-order valence-electron chi connectivity index (χ3n) is 3.49. The molecule has 0 aromatic carbocycles. The van der Waals surface area contributed by atoms with Crippen LogP contribution in [0.5, 0.6) is 5.88 Å². The molecule has 0 saturated heterocycles. The second-order valence-corrected chi connectivity index (χ2v) is 5.77. The number of β-amino-alcohol motifs (C(OH)–C–C–N with tert-alkyl or cyclic N) is 1. The van der Waals surface area contributed by atoms with Crippen molar-refractivity contribution in [2.45, 2.75) is 50.7 Å². The van der Waals surface area contributed by atoms with Gasteiger partial charge in [0.25, 0.3) is 0 Å². The van der Waals surface area contributed by atoms with Crippen molar-refractivity contribution < 1.29 is 9.84 Å². The molecule has 0 bridgehead atoms. The van der Waals surface area contributed by atoms with E-state index < -0.39 is 6.10 Å². The van der Waals surface area contributed by atoms with Gasteiger partial charge in [0.2, 0.25) is 5.88 Å². The Balaban J connectivity index is 1.66. The van der Waals surface area contributed by atoms with Crippen molar-refractivity contribution in [2.75, 3.05) is 13.2 Å². The van der Waals surface area contributed by atoms with E-state index in [0.717, 1.165) is 11.7 Å². The third-order valence-corrected chi connectivity index (χ3v) is 3.95. The van der Waals surface area contributed by atoms with Crippen LogP contribution in [0.3, 0.4) is 0 Å². The maximum Gasteiger partial charge on any atom is 0.245 e. The van der Waals surface area contributed by atoms with E-state index in [4.69, 9.17) is 4.74 Å². The summed E-state index contributed by atoms with van der Waals surface area (Å²) in [6.07, 6.45) is 7.33. The minimum Gasteiger partial charge on any atom is -0.473 e. The van der Waals surface area contributed by atoms with E-state index in [1.807, 2.05) is 0 Å². The molecule has 1 aliphatic rings. The summed E-state index contributed by atoms with van der Waals surface area (Å²) >= 11 is 1.10. The van der Waals surface area contributed by atoms with Crippen LogP contribution in [-0.2, 0) is 0 Å². The molecule has 1 aromatic rings. The van der Waals surface area contributed by atoms with Crippen molar-refractivity contribution in [1.29, 1.82) is 0 Å². The maximum atomic E-state index is 9.86. The molecule has 1 atom stereocenters. The lowest BCUT2D eigenvalue weighted by Crippen LogP contribution is -2.48. The molecule has 5 nitrogen and oxygen atoms in total. The van der Waals surface area contributed by atoms with Crippen molar-refractivity contribution in [3.05, 3.63) is 6.20 Å². The van der Waals surface area contributed by atoms with Crippen LogP contribution in [0.4, 0.5) is 0 Å². The normalized spacial score (nSPS) is 20.6. The minimum atomic E-state index is -0.509. The summed E-state index contributed by atoms with van der Waals surface area (Å²) in [5.74, 6) is 0.489. The van der Waals surface area contributed by atoms with E-state index in [-0.39, 0.29) is 12.1 Å². The Morgan fingerprint density at radius 3 is 2.94 bits per heavy atom. The molecule has 6 heteroatoms. The van der Waals surface area contributed by atoms with Gasteiger partial charge in [-0.2, -0.15) is 4.37 Å². The summed E-state index contributed by atoms with van der Waals surface area (Å²) in [5.41, 5.74) is 0.182. The molecule has 1 heterocycles. The van der Waals surface area contributed by atoms with Crippen LogP contribution in [0.1, 0.15) is 39.0 Å². The molecule has 0 aliphatic heterocycles. The summed E-state index contributed by atoms with van der Waals surface area (Å²) in [6, 6.07) is 0. The second-order valence-electron chi connectivity index (χ2n) is 5.21. The first kappa shape index (κ1) is 13.7. The molecule has 0 radical (unpaired) electrons. The Morgan fingerprint density at radius 1 is 1.50 bits per heavy atom. The Kier molecular flexibility index (Phi) is 4.91. The smallest absolute Gasteiger partial charge is 0.245 e. The van der Waals surface area contributed by atoms with Crippen LogP contribution in [-0.4, -0.2) is 38.6 Å². The number of nitrogens with one attached hydrogen (secondary N) is 1. The molecular formula is C12H21N3O2S. The van der Waals surface area contributed by atoms with Gasteiger partial charge >= 0.3 is 0 Å². The zero-order valence-corrected chi connectivity index (χ0v) is 11.6. The SMILES string of the molecule is CC1(NCC(O)COc2cnsn2)CCCCC1. The largest absolute Gasteiger partial charge is 0.473 e. The second kappa shape index (κ2) is 6.45. The number of rotatable bonds is 6. The Hall–Kier alpha value is -0.720. The number of ether oxygens (including phenoxy) is 1. The van der Waals surface area contributed by atoms with Gasteiger partial charge in [-0.1, -0.05) is 19.3 Å². The monoisotopic (exact) mass is 271 g/mol. The number of aliphatic hydroxyl groups is 1. The van der Waals surface area contributed by atoms with E-state index in [2.05, 4.69) is 21.0 Å². The fourth-order valence-electron chi connectivity index (χ4n) is 2.33. The lowest BCUT2D eigenvalue weighted by molar-refractivity contribution is 0.0913. The molecule has 0 amide bonds.